The summed E-state index contributed by atoms with van der Waals surface area (Å²) in [5.74, 6) is 0.375. The molecule has 0 spiro atoms. The molecule has 0 amide bonds. The van der Waals surface area contributed by atoms with Gasteiger partial charge in [0.2, 0.25) is 15.8 Å². The van der Waals surface area contributed by atoms with Crippen molar-refractivity contribution in [1.82, 2.24) is 0 Å². The third-order valence-electron chi connectivity index (χ3n) is 3.47. The zero-order valence-corrected chi connectivity index (χ0v) is 14.5. The Labute approximate surface area is 144 Å². The summed E-state index contributed by atoms with van der Waals surface area (Å²) in [4.78, 5) is 10.00. The molecular weight excluding hydrogens is 352 g/mol. The van der Waals surface area contributed by atoms with Crippen LogP contribution in [0.15, 0.2) is 35.2 Å². The smallest absolute Gasteiger partial charge is 0.269 e. The zero-order chi connectivity index (χ0) is 18.8. The fraction of sp³-hybridized carbons (Fsp3) is 0.200. The highest BCUT2D eigenvalue weighted by molar-refractivity contribution is 7.89. The first-order chi connectivity index (χ1) is 11.7. The van der Waals surface area contributed by atoms with Gasteiger partial charge in [-0.05, 0) is 17.7 Å². The van der Waals surface area contributed by atoms with E-state index in [2.05, 4.69) is 0 Å². The molecule has 0 heterocycles. The molecule has 0 saturated heterocycles. The first-order valence-corrected chi connectivity index (χ1v) is 8.39. The summed E-state index contributed by atoms with van der Waals surface area (Å²) in [6, 6.07) is 6.51. The fourth-order valence-corrected chi connectivity index (χ4v) is 3.15. The monoisotopic (exact) mass is 368 g/mol. The van der Waals surface area contributed by atoms with Crippen LogP contribution in [0, 0.1) is 10.1 Å². The lowest BCUT2D eigenvalue weighted by Crippen LogP contribution is -2.14. The number of non-ortho nitro benzene ring substituents is 1. The second-order valence-corrected chi connectivity index (χ2v) is 6.40. The lowest BCUT2D eigenvalue weighted by atomic mass is 10.0. The minimum Gasteiger partial charge on any atom is -0.493 e. The highest BCUT2D eigenvalue weighted by Crippen LogP contribution is 2.48. The van der Waals surface area contributed by atoms with Gasteiger partial charge in [0, 0.05) is 23.8 Å². The molecule has 0 aliphatic heterocycles. The maximum absolute atomic E-state index is 12.1. The number of primary sulfonamides is 1. The number of nitrogens with zero attached hydrogens (tertiary/aromatic N) is 1. The van der Waals surface area contributed by atoms with E-state index in [-0.39, 0.29) is 33.4 Å². The quantitative estimate of drug-likeness (QED) is 0.609. The molecule has 0 radical (unpaired) electrons. The molecule has 0 fully saturated rings. The number of methoxy groups -OCH3 is 3. The van der Waals surface area contributed by atoms with Crippen molar-refractivity contribution in [3.05, 3.63) is 40.4 Å². The second kappa shape index (κ2) is 6.95. The van der Waals surface area contributed by atoms with Crippen LogP contribution in [0.2, 0.25) is 0 Å². The fourth-order valence-electron chi connectivity index (χ4n) is 2.38. The molecule has 0 aromatic heterocycles. The molecule has 9 nitrogen and oxygen atoms in total. The van der Waals surface area contributed by atoms with Gasteiger partial charge in [-0.15, -0.1) is 0 Å². The van der Waals surface area contributed by atoms with Gasteiger partial charge >= 0.3 is 0 Å². The molecule has 2 aromatic rings. The molecule has 0 aliphatic rings. The van der Waals surface area contributed by atoms with Crippen molar-refractivity contribution >= 4 is 15.7 Å². The lowest BCUT2D eigenvalue weighted by molar-refractivity contribution is -0.384. The molecule has 2 N–H and O–H groups in total. The standard InChI is InChI=1S/C15H16N2O7S/c1-22-11-8-12(25(16,20)21)13(15(24-3)14(11)23-2)9-4-6-10(7-5-9)17(18)19/h4-8H,1-3H3,(H2,16,20,21). The Morgan fingerprint density at radius 2 is 1.56 bits per heavy atom. The van der Waals surface area contributed by atoms with Crippen LogP contribution in [-0.4, -0.2) is 34.7 Å². The van der Waals surface area contributed by atoms with E-state index < -0.39 is 14.9 Å². The van der Waals surface area contributed by atoms with E-state index in [1.807, 2.05) is 0 Å². The van der Waals surface area contributed by atoms with Crippen LogP contribution in [0.5, 0.6) is 17.2 Å². The highest BCUT2D eigenvalue weighted by atomic mass is 32.2. The van der Waals surface area contributed by atoms with E-state index >= 15 is 0 Å². The van der Waals surface area contributed by atoms with Gasteiger partial charge in [-0.3, -0.25) is 10.1 Å². The average molecular weight is 368 g/mol. The van der Waals surface area contributed by atoms with Gasteiger partial charge < -0.3 is 14.2 Å². The Kier molecular flexibility index (Phi) is 5.14. The van der Waals surface area contributed by atoms with Gasteiger partial charge in [0.05, 0.1) is 31.1 Å². The first-order valence-electron chi connectivity index (χ1n) is 6.85. The molecule has 0 atom stereocenters. The van der Waals surface area contributed by atoms with Gasteiger partial charge in [-0.2, -0.15) is 0 Å². The van der Waals surface area contributed by atoms with Crippen LogP contribution in [0.1, 0.15) is 0 Å². The van der Waals surface area contributed by atoms with E-state index in [1.54, 1.807) is 0 Å². The van der Waals surface area contributed by atoms with Gasteiger partial charge in [0.15, 0.2) is 11.5 Å². The molecule has 134 valence electrons. The van der Waals surface area contributed by atoms with Crippen molar-refractivity contribution in [3.8, 4) is 28.4 Å². The van der Waals surface area contributed by atoms with Crippen molar-refractivity contribution in [3.63, 3.8) is 0 Å². The van der Waals surface area contributed by atoms with E-state index in [0.29, 0.717) is 5.56 Å². The van der Waals surface area contributed by atoms with E-state index in [4.69, 9.17) is 19.3 Å². The predicted molar refractivity (Wildman–Crippen MR) is 89.6 cm³/mol. The molecule has 0 saturated carbocycles. The summed E-state index contributed by atoms with van der Waals surface area (Å²) in [5.41, 5.74) is 0.338. The maximum Gasteiger partial charge on any atom is 0.269 e. The topological polar surface area (TPSA) is 131 Å². The van der Waals surface area contributed by atoms with Crippen LogP contribution in [0.4, 0.5) is 5.69 Å². The predicted octanol–water partition coefficient (Wildman–Crippen LogP) is 1.93. The van der Waals surface area contributed by atoms with Crippen molar-refractivity contribution in [2.45, 2.75) is 4.90 Å². The maximum atomic E-state index is 12.1. The first kappa shape index (κ1) is 18.5. The molecule has 2 aromatic carbocycles. The third-order valence-corrected chi connectivity index (χ3v) is 4.40. The SMILES string of the molecule is COc1cc(S(N)(=O)=O)c(-c2ccc([N+](=O)[O-])cc2)c(OC)c1OC. The van der Waals surface area contributed by atoms with Gasteiger partial charge in [0.25, 0.3) is 5.69 Å². The minimum absolute atomic E-state index is 0.0831. The minimum atomic E-state index is -4.15. The number of nitro benzene ring substituents is 1. The van der Waals surface area contributed by atoms with Crippen LogP contribution in [0.3, 0.4) is 0 Å². The van der Waals surface area contributed by atoms with Crippen LogP contribution in [-0.2, 0) is 10.0 Å². The lowest BCUT2D eigenvalue weighted by Gasteiger charge is -2.19. The molecular formula is C15H16N2O7S. The normalized spacial score (nSPS) is 11.0. The van der Waals surface area contributed by atoms with Crippen LogP contribution < -0.4 is 19.3 Å². The Morgan fingerprint density at radius 3 is 1.96 bits per heavy atom. The van der Waals surface area contributed by atoms with Crippen LogP contribution >= 0.6 is 0 Å². The zero-order valence-electron chi connectivity index (χ0n) is 13.7. The summed E-state index contributed by atoms with van der Waals surface area (Å²) in [6.07, 6.45) is 0. The summed E-state index contributed by atoms with van der Waals surface area (Å²) >= 11 is 0. The van der Waals surface area contributed by atoms with E-state index in [9.17, 15) is 18.5 Å². The van der Waals surface area contributed by atoms with Crippen molar-refractivity contribution < 1.29 is 27.6 Å². The Hall–Kier alpha value is -2.85. The molecule has 2 rings (SSSR count). The van der Waals surface area contributed by atoms with Gasteiger partial charge in [0.1, 0.15) is 0 Å². The second-order valence-electron chi connectivity index (χ2n) is 4.87. The average Bonchev–Trinajstić information content (AvgIpc) is 2.58. The number of hydrogen-bond acceptors (Lipinski definition) is 7. The van der Waals surface area contributed by atoms with Crippen molar-refractivity contribution in [2.24, 2.45) is 5.14 Å². The van der Waals surface area contributed by atoms with Gasteiger partial charge in [-0.1, -0.05) is 0 Å². The van der Waals surface area contributed by atoms with Crippen LogP contribution in [0.25, 0.3) is 11.1 Å². The summed E-state index contributed by atoms with van der Waals surface area (Å²) in [7, 11) is -0.101. The van der Waals surface area contributed by atoms with E-state index in [1.165, 1.54) is 51.7 Å². The number of hydrogen-bond donors (Lipinski definition) is 1. The highest BCUT2D eigenvalue weighted by Gasteiger charge is 2.27. The largest absolute Gasteiger partial charge is 0.493 e. The number of benzene rings is 2. The molecule has 10 heteroatoms. The Morgan fingerprint density at radius 1 is 1.00 bits per heavy atom. The Bertz CT molecular complexity index is 908. The summed E-state index contributed by atoms with van der Waals surface area (Å²) in [6.45, 7) is 0. The third kappa shape index (κ3) is 3.49. The van der Waals surface area contributed by atoms with Crippen molar-refractivity contribution in [2.75, 3.05) is 21.3 Å². The molecule has 0 unspecified atom stereocenters. The number of rotatable bonds is 6. The molecule has 0 aliphatic carbocycles. The molecule has 25 heavy (non-hydrogen) atoms. The number of nitrogens with two attached hydrogens (primary N) is 1. The summed E-state index contributed by atoms with van der Waals surface area (Å²) in [5, 5.41) is 16.1. The molecule has 0 bridgehead atoms. The van der Waals surface area contributed by atoms with E-state index in [0.717, 1.165) is 0 Å². The number of sulfonamides is 1. The number of nitro groups is 1. The summed E-state index contributed by atoms with van der Waals surface area (Å²) < 4.78 is 39.8. The number of ether oxygens (including phenoxy) is 3. The van der Waals surface area contributed by atoms with Gasteiger partial charge in [-0.25, -0.2) is 13.6 Å². The Balaban J connectivity index is 2.88. The van der Waals surface area contributed by atoms with Crippen molar-refractivity contribution in [1.29, 1.82) is 0 Å².